The van der Waals surface area contributed by atoms with Gasteiger partial charge in [0.05, 0.1) is 0 Å². The zero-order valence-electron chi connectivity index (χ0n) is 9.15. The maximum Gasteiger partial charge on any atom is 0.233 e. The van der Waals surface area contributed by atoms with E-state index in [4.69, 9.17) is 5.73 Å². The summed E-state index contributed by atoms with van der Waals surface area (Å²) in [6, 6.07) is 0.649. The number of nitrogen functional groups attached to an aromatic ring is 1. The first-order chi connectivity index (χ1) is 7.31. The van der Waals surface area contributed by atoms with E-state index in [9.17, 15) is 0 Å². The fourth-order valence-electron chi connectivity index (χ4n) is 2.29. The summed E-state index contributed by atoms with van der Waals surface area (Å²) >= 11 is 1.42. The Balaban J connectivity index is 2.08. The summed E-state index contributed by atoms with van der Waals surface area (Å²) in [5.74, 6) is 0.407. The number of hydrogen-bond donors (Lipinski definition) is 1. The Morgan fingerprint density at radius 3 is 2.67 bits per heavy atom. The molecule has 4 nitrogen and oxygen atoms in total. The first kappa shape index (κ1) is 10.7. The van der Waals surface area contributed by atoms with E-state index in [2.05, 4.69) is 21.2 Å². The Morgan fingerprint density at radius 1 is 1.40 bits per heavy atom. The molecule has 5 heteroatoms. The minimum atomic E-state index is 0.407. The van der Waals surface area contributed by atoms with Crippen LogP contribution < -0.4 is 10.6 Å². The van der Waals surface area contributed by atoms with Crippen LogP contribution in [0.15, 0.2) is 0 Å². The Hall–Kier alpha value is -0.840. The summed E-state index contributed by atoms with van der Waals surface area (Å²) in [4.78, 5) is 6.62. The summed E-state index contributed by atoms with van der Waals surface area (Å²) in [6.07, 6.45) is 6.64. The van der Waals surface area contributed by atoms with Crippen LogP contribution in [0.5, 0.6) is 0 Å². The van der Waals surface area contributed by atoms with Gasteiger partial charge < -0.3 is 10.6 Å². The van der Waals surface area contributed by atoms with E-state index in [1.165, 1.54) is 43.6 Å². The van der Waals surface area contributed by atoms with Crippen molar-refractivity contribution in [2.24, 2.45) is 0 Å². The maximum absolute atomic E-state index is 5.56. The second-order valence-electron chi connectivity index (χ2n) is 4.01. The molecule has 2 rings (SSSR count). The normalized spacial score (nSPS) is 17.9. The van der Waals surface area contributed by atoms with Crippen LogP contribution >= 0.6 is 11.5 Å². The molecule has 1 aliphatic carbocycles. The lowest BCUT2D eigenvalue weighted by Crippen LogP contribution is -2.36. The highest BCUT2D eigenvalue weighted by atomic mass is 32.1. The van der Waals surface area contributed by atoms with Crippen LogP contribution in [-0.2, 0) is 0 Å². The highest BCUT2D eigenvalue weighted by Crippen LogP contribution is 2.28. The summed E-state index contributed by atoms with van der Waals surface area (Å²) in [5.41, 5.74) is 5.56. The van der Waals surface area contributed by atoms with Crippen LogP contribution in [0.3, 0.4) is 0 Å². The van der Waals surface area contributed by atoms with Gasteiger partial charge in [-0.3, -0.25) is 0 Å². The van der Waals surface area contributed by atoms with Crippen LogP contribution in [0.2, 0.25) is 0 Å². The molecular formula is C10H18N4S. The average Bonchev–Trinajstić information content (AvgIpc) is 2.68. The Morgan fingerprint density at radius 2 is 2.13 bits per heavy atom. The van der Waals surface area contributed by atoms with E-state index in [0.717, 1.165) is 11.7 Å². The monoisotopic (exact) mass is 226 g/mol. The molecule has 15 heavy (non-hydrogen) atoms. The molecule has 0 bridgehead atoms. The SMILES string of the molecule is CCN(c1nc(N)ns1)C1CCCCC1. The Bertz CT molecular complexity index is 306. The van der Waals surface area contributed by atoms with E-state index in [1.54, 1.807) is 0 Å². The van der Waals surface area contributed by atoms with Crippen LogP contribution in [-0.4, -0.2) is 21.9 Å². The number of nitrogens with zero attached hydrogens (tertiary/aromatic N) is 3. The zero-order chi connectivity index (χ0) is 10.7. The van der Waals surface area contributed by atoms with Crippen molar-refractivity contribution < 1.29 is 0 Å². The van der Waals surface area contributed by atoms with E-state index >= 15 is 0 Å². The minimum Gasteiger partial charge on any atom is -0.367 e. The van der Waals surface area contributed by atoms with Crippen LogP contribution in [0, 0.1) is 0 Å². The fraction of sp³-hybridized carbons (Fsp3) is 0.800. The predicted octanol–water partition coefficient (Wildman–Crippen LogP) is 2.28. The number of anilines is 2. The molecule has 1 saturated carbocycles. The van der Waals surface area contributed by atoms with Gasteiger partial charge in [0.1, 0.15) is 0 Å². The average molecular weight is 226 g/mol. The molecule has 0 unspecified atom stereocenters. The lowest BCUT2D eigenvalue weighted by Gasteiger charge is -2.32. The van der Waals surface area contributed by atoms with E-state index < -0.39 is 0 Å². The molecule has 1 fully saturated rings. The fourth-order valence-corrected chi connectivity index (χ4v) is 3.02. The van der Waals surface area contributed by atoms with Gasteiger partial charge in [-0.05, 0) is 19.8 Å². The molecular weight excluding hydrogens is 208 g/mol. The molecule has 0 aliphatic heterocycles. The van der Waals surface area contributed by atoms with Gasteiger partial charge in [-0.1, -0.05) is 19.3 Å². The summed E-state index contributed by atoms with van der Waals surface area (Å²) in [6.45, 7) is 3.17. The van der Waals surface area contributed by atoms with Crippen molar-refractivity contribution in [2.45, 2.75) is 45.1 Å². The van der Waals surface area contributed by atoms with Gasteiger partial charge in [-0.2, -0.15) is 9.36 Å². The molecule has 1 aromatic heterocycles. The van der Waals surface area contributed by atoms with Crippen molar-refractivity contribution in [3.8, 4) is 0 Å². The summed E-state index contributed by atoms with van der Waals surface area (Å²) in [5, 5.41) is 0.988. The first-order valence-corrected chi connectivity index (χ1v) is 6.44. The molecule has 84 valence electrons. The third kappa shape index (κ3) is 2.40. The molecule has 1 heterocycles. The molecule has 0 amide bonds. The second kappa shape index (κ2) is 4.79. The lowest BCUT2D eigenvalue weighted by atomic mass is 9.94. The minimum absolute atomic E-state index is 0.407. The molecule has 0 radical (unpaired) electrons. The van der Waals surface area contributed by atoms with E-state index in [-0.39, 0.29) is 0 Å². The molecule has 0 atom stereocenters. The van der Waals surface area contributed by atoms with Gasteiger partial charge in [0.25, 0.3) is 0 Å². The standard InChI is InChI=1S/C10H18N4S/c1-2-14(8-6-4-3-5-7-8)10-12-9(11)13-15-10/h8H,2-7H2,1H3,(H2,11,13). The van der Waals surface area contributed by atoms with Crippen molar-refractivity contribution in [1.82, 2.24) is 9.36 Å². The number of aromatic nitrogens is 2. The zero-order valence-corrected chi connectivity index (χ0v) is 9.96. The van der Waals surface area contributed by atoms with Crippen molar-refractivity contribution in [2.75, 3.05) is 17.2 Å². The molecule has 1 aromatic rings. The largest absolute Gasteiger partial charge is 0.367 e. The number of hydrogen-bond acceptors (Lipinski definition) is 5. The van der Waals surface area contributed by atoms with Crippen LogP contribution in [0.25, 0.3) is 0 Å². The van der Waals surface area contributed by atoms with E-state index in [1.807, 2.05) is 0 Å². The molecule has 0 aromatic carbocycles. The molecule has 0 saturated heterocycles. The van der Waals surface area contributed by atoms with Crippen molar-refractivity contribution >= 4 is 22.6 Å². The summed E-state index contributed by atoms with van der Waals surface area (Å²) < 4.78 is 4.05. The number of rotatable bonds is 3. The highest BCUT2D eigenvalue weighted by Gasteiger charge is 2.22. The van der Waals surface area contributed by atoms with Crippen molar-refractivity contribution in [3.63, 3.8) is 0 Å². The second-order valence-corrected chi connectivity index (χ2v) is 4.74. The smallest absolute Gasteiger partial charge is 0.233 e. The topological polar surface area (TPSA) is 55.0 Å². The molecule has 1 aliphatic rings. The van der Waals surface area contributed by atoms with Gasteiger partial charge in [-0.15, -0.1) is 0 Å². The van der Waals surface area contributed by atoms with E-state index in [0.29, 0.717) is 12.0 Å². The quantitative estimate of drug-likeness (QED) is 0.859. The van der Waals surface area contributed by atoms with Gasteiger partial charge in [-0.25, -0.2) is 0 Å². The number of nitrogens with two attached hydrogens (primary N) is 1. The van der Waals surface area contributed by atoms with Gasteiger partial charge in [0.2, 0.25) is 11.1 Å². The Kier molecular flexibility index (Phi) is 3.41. The predicted molar refractivity (Wildman–Crippen MR) is 64.2 cm³/mol. The van der Waals surface area contributed by atoms with Gasteiger partial charge in [0, 0.05) is 24.1 Å². The van der Waals surface area contributed by atoms with Gasteiger partial charge in [0.15, 0.2) is 0 Å². The summed E-state index contributed by atoms with van der Waals surface area (Å²) in [7, 11) is 0. The molecule has 0 spiro atoms. The van der Waals surface area contributed by atoms with Crippen molar-refractivity contribution in [3.05, 3.63) is 0 Å². The van der Waals surface area contributed by atoms with Crippen LogP contribution in [0.4, 0.5) is 11.1 Å². The first-order valence-electron chi connectivity index (χ1n) is 5.67. The van der Waals surface area contributed by atoms with Gasteiger partial charge >= 0.3 is 0 Å². The maximum atomic E-state index is 5.56. The Labute approximate surface area is 94.7 Å². The lowest BCUT2D eigenvalue weighted by molar-refractivity contribution is 0.418. The van der Waals surface area contributed by atoms with Crippen LogP contribution in [0.1, 0.15) is 39.0 Å². The highest BCUT2D eigenvalue weighted by molar-refractivity contribution is 7.09. The molecule has 2 N–H and O–H groups in total. The third-order valence-corrected chi connectivity index (χ3v) is 3.80. The van der Waals surface area contributed by atoms with Crippen molar-refractivity contribution in [1.29, 1.82) is 0 Å². The third-order valence-electron chi connectivity index (χ3n) is 3.03.